The van der Waals surface area contributed by atoms with Crippen molar-refractivity contribution in [2.45, 2.75) is 13.8 Å². The van der Waals surface area contributed by atoms with Gasteiger partial charge in [-0.05, 0) is 25.5 Å². The highest BCUT2D eigenvalue weighted by molar-refractivity contribution is 7.17. The number of thiazole rings is 1. The molecular weight excluding hydrogens is 678 g/mol. The summed E-state index contributed by atoms with van der Waals surface area (Å²) in [6.07, 6.45) is 1.04. The van der Waals surface area contributed by atoms with Gasteiger partial charge in [-0.1, -0.05) is 35.1 Å². The van der Waals surface area contributed by atoms with Crippen molar-refractivity contribution < 1.29 is 33.4 Å². The lowest BCUT2D eigenvalue weighted by Crippen LogP contribution is -2.48. The van der Waals surface area contributed by atoms with Crippen molar-refractivity contribution in [1.82, 2.24) is 25.2 Å². The number of halogens is 1. The highest BCUT2D eigenvalue weighted by Crippen LogP contribution is 2.28. The van der Waals surface area contributed by atoms with E-state index in [2.05, 4.69) is 45.5 Å². The Balaban J connectivity index is 1.10. The number of piperazine rings is 1. The number of carbonyl (C=O) groups is 2. The Morgan fingerprint density at radius 1 is 0.959 bits per heavy atom. The summed E-state index contributed by atoms with van der Waals surface area (Å²) < 4.78 is 21.4. The highest BCUT2D eigenvalue weighted by Gasteiger charge is 2.20. The smallest absolute Gasteiger partial charge is 0.407 e. The summed E-state index contributed by atoms with van der Waals surface area (Å²) in [7, 11) is 0. The van der Waals surface area contributed by atoms with Crippen molar-refractivity contribution in [3.63, 3.8) is 0 Å². The second-order valence-corrected chi connectivity index (χ2v) is 12.2. The summed E-state index contributed by atoms with van der Waals surface area (Å²) in [5.41, 5.74) is 1.45. The first kappa shape index (κ1) is 38.1. The van der Waals surface area contributed by atoms with Gasteiger partial charge >= 0.3 is 6.09 Å². The maximum atomic E-state index is 12.8. The Kier molecular flexibility index (Phi) is 16.1. The van der Waals surface area contributed by atoms with Crippen molar-refractivity contribution in [2.24, 2.45) is 5.90 Å². The fourth-order valence-corrected chi connectivity index (χ4v) is 5.67. The molecule has 5 N–H and O–H groups in total. The predicted molar refractivity (Wildman–Crippen MR) is 187 cm³/mol. The van der Waals surface area contributed by atoms with Crippen LogP contribution in [0.2, 0.25) is 5.02 Å². The molecule has 268 valence electrons. The van der Waals surface area contributed by atoms with E-state index in [0.29, 0.717) is 91.7 Å². The van der Waals surface area contributed by atoms with Crippen LogP contribution in [0.1, 0.15) is 21.1 Å². The van der Waals surface area contributed by atoms with Crippen LogP contribution in [0.3, 0.4) is 0 Å². The van der Waals surface area contributed by atoms with Crippen LogP contribution in [0.15, 0.2) is 30.5 Å². The van der Waals surface area contributed by atoms with Gasteiger partial charge in [0, 0.05) is 45.3 Å². The van der Waals surface area contributed by atoms with Gasteiger partial charge in [-0.15, -0.1) is 0 Å². The molecule has 4 rings (SSSR count). The Labute approximate surface area is 294 Å². The van der Waals surface area contributed by atoms with Gasteiger partial charge in [-0.2, -0.15) is 0 Å². The number of anilines is 4. The van der Waals surface area contributed by atoms with Crippen LogP contribution in [0, 0.1) is 13.8 Å². The number of amides is 2. The SMILES string of the molecule is Cc1nc(Nc2ncc(C(=O)Nc3c(C)cccc3Cl)s2)cc(N2CCN(CCOC(=O)NCCOCCOCCOCCON)CC2)n1. The molecule has 3 aromatic rings. The van der Waals surface area contributed by atoms with Crippen molar-refractivity contribution in [1.29, 1.82) is 0 Å². The number of hydrogen-bond acceptors (Lipinski definition) is 15. The molecule has 1 aliphatic rings. The first-order valence-electron chi connectivity index (χ1n) is 15.9. The lowest BCUT2D eigenvalue weighted by Gasteiger charge is -2.35. The van der Waals surface area contributed by atoms with Crippen molar-refractivity contribution in [2.75, 3.05) is 108 Å². The minimum absolute atomic E-state index is 0.284. The average molecular weight is 722 g/mol. The van der Waals surface area contributed by atoms with E-state index < -0.39 is 6.09 Å². The summed E-state index contributed by atoms with van der Waals surface area (Å²) >= 11 is 7.48. The van der Waals surface area contributed by atoms with Crippen LogP contribution < -0.4 is 26.7 Å². The maximum Gasteiger partial charge on any atom is 0.407 e. The molecule has 0 saturated carbocycles. The Bertz CT molecular complexity index is 1460. The third kappa shape index (κ3) is 13.3. The number of nitrogens with zero attached hydrogens (tertiary/aromatic N) is 5. The predicted octanol–water partition coefficient (Wildman–Crippen LogP) is 2.99. The molecule has 0 aliphatic carbocycles. The van der Waals surface area contributed by atoms with Crippen LogP contribution in [0.5, 0.6) is 0 Å². The van der Waals surface area contributed by atoms with Crippen LogP contribution in [-0.2, 0) is 23.8 Å². The van der Waals surface area contributed by atoms with Gasteiger partial charge < -0.3 is 44.6 Å². The van der Waals surface area contributed by atoms with Crippen LogP contribution in [0.4, 0.5) is 27.2 Å². The molecule has 2 amide bonds. The molecule has 0 bridgehead atoms. The lowest BCUT2D eigenvalue weighted by atomic mass is 10.2. The summed E-state index contributed by atoms with van der Waals surface area (Å²) in [5, 5.41) is 9.77. The van der Waals surface area contributed by atoms with E-state index in [0.717, 1.165) is 37.6 Å². The summed E-state index contributed by atoms with van der Waals surface area (Å²) in [6, 6.07) is 7.32. The zero-order valence-corrected chi connectivity index (χ0v) is 29.3. The van der Waals surface area contributed by atoms with Gasteiger partial charge in [0.25, 0.3) is 5.91 Å². The van der Waals surface area contributed by atoms with E-state index >= 15 is 0 Å². The van der Waals surface area contributed by atoms with Gasteiger partial charge in [0.2, 0.25) is 0 Å². The Morgan fingerprint density at radius 3 is 2.39 bits per heavy atom. The average Bonchev–Trinajstić information content (AvgIpc) is 3.55. The largest absolute Gasteiger partial charge is 0.448 e. The van der Waals surface area contributed by atoms with Gasteiger partial charge in [0.1, 0.15) is 28.9 Å². The number of nitrogens with one attached hydrogen (secondary N) is 3. The standard InChI is InChI=1S/C31H44ClN9O7S/c1-22-4-3-5-24(32)28(22)39-29(42)25-21-35-30(49-25)38-26-20-27(37-23(2)36-26)41-9-7-40(8-10-41)11-13-47-31(43)34-6-12-44-14-15-45-16-17-46-18-19-48-33/h3-5,20-21H,6-19,33H2,1-2H3,(H,34,43)(H,39,42)(H,35,36,37,38). The first-order valence-corrected chi connectivity index (χ1v) is 17.1. The first-order chi connectivity index (χ1) is 23.8. The second kappa shape index (κ2) is 20.7. The van der Waals surface area contributed by atoms with Crippen molar-refractivity contribution >= 4 is 57.4 Å². The van der Waals surface area contributed by atoms with Gasteiger partial charge in [0.05, 0.1) is 63.2 Å². The zero-order valence-electron chi connectivity index (χ0n) is 27.7. The van der Waals surface area contributed by atoms with E-state index in [4.69, 9.17) is 36.4 Å². The van der Waals surface area contributed by atoms with E-state index in [1.807, 2.05) is 32.0 Å². The maximum absolute atomic E-state index is 12.8. The number of ether oxygens (including phenoxy) is 4. The number of para-hydroxylation sites is 1. The van der Waals surface area contributed by atoms with Crippen LogP contribution in [-0.4, -0.2) is 124 Å². The normalized spacial score (nSPS) is 13.3. The molecule has 0 unspecified atom stereocenters. The number of carbonyl (C=O) groups excluding carboxylic acids is 2. The number of benzene rings is 1. The molecule has 0 atom stereocenters. The number of alkyl carbamates (subject to hydrolysis) is 1. The summed E-state index contributed by atoms with van der Waals surface area (Å²) in [6.45, 7) is 10.9. The molecule has 1 saturated heterocycles. The molecule has 2 aromatic heterocycles. The van der Waals surface area contributed by atoms with Crippen molar-refractivity contribution in [3.05, 3.63) is 51.7 Å². The van der Waals surface area contributed by atoms with Crippen LogP contribution in [0.25, 0.3) is 0 Å². The molecular formula is C31H44ClN9O7S. The number of aromatic nitrogens is 3. The minimum Gasteiger partial charge on any atom is -0.448 e. The molecule has 3 heterocycles. The molecule has 1 aromatic carbocycles. The number of hydrogen-bond donors (Lipinski definition) is 4. The number of rotatable bonds is 20. The zero-order chi connectivity index (χ0) is 34.8. The van der Waals surface area contributed by atoms with E-state index in [1.165, 1.54) is 17.5 Å². The monoisotopic (exact) mass is 721 g/mol. The fraction of sp³-hybridized carbons (Fsp3) is 0.516. The van der Waals surface area contributed by atoms with Gasteiger partial charge in [0.15, 0.2) is 5.13 Å². The number of aryl methyl sites for hydroxylation is 2. The highest BCUT2D eigenvalue weighted by atomic mass is 35.5. The lowest BCUT2D eigenvalue weighted by molar-refractivity contribution is -0.00170. The topological polar surface area (TPSA) is 188 Å². The van der Waals surface area contributed by atoms with Gasteiger partial charge in [-0.25, -0.2) is 25.6 Å². The van der Waals surface area contributed by atoms with E-state index in [9.17, 15) is 9.59 Å². The minimum atomic E-state index is -0.475. The summed E-state index contributed by atoms with van der Waals surface area (Å²) in [4.78, 5) is 47.6. The van der Waals surface area contributed by atoms with Crippen molar-refractivity contribution in [3.8, 4) is 0 Å². The van der Waals surface area contributed by atoms with Crippen LogP contribution >= 0.6 is 22.9 Å². The molecule has 16 nitrogen and oxygen atoms in total. The quantitative estimate of drug-likeness (QED) is 0.0985. The number of nitrogens with two attached hydrogens (primary N) is 1. The molecule has 18 heteroatoms. The molecule has 1 aliphatic heterocycles. The second-order valence-electron chi connectivity index (χ2n) is 10.8. The van der Waals surface area contributed by atoms with E-state index in [1.54, 1.807) is 6.07 Å². The fourth-order valence-electron chi connectivity index (χ4n) is 4.68. The third-order valence-corrected chi connectivity index (χ3v) is 8.42. The Morgan fingerprint density at radius 2 is 1.67 bits per heavy atom. The molecule has 0 radical (unpaired) electrons. The molecule has 49 heavy (non-hydrogen) atoms. The molecule has 1 fully saturated rings. The Hall–Kier alpha value is -3.68. The molecule has 0 spiro atoms. The van der Waals surface area contributed by atoms with E-state index in [-0.39, 0.29) is 12.5 Å². The van der Waals surface area contributed by atoms with Gasteiger partial charge in [-0.3, -0.25) is 9.69 Å². The third-order valence-electron chi connectivity index (χ3n) is 7.19. The summed E-state index contributed by atoms with van der Waals surface area (Å²) in [5.74, 6) is 6.61.